The molecule has 0 amide bonds. The molecule has 0 saturated carbocycles. The first-order chi connectivity index (χ1) is 8.62. The monoisotopic (exact) mass is 254 g/mol. The van der Waals surface area contributed by atoms with Gasteiger partial charge in [-0.3, -0.25) is 11.3 Å². The van der Waals surface area contributed by atoms with E-state index in [2.05, 4.69) is 12.3 Å². The van der Waals surface area contributed by atoms with Crippen LogP contribution in [0.1, 0.15) is 31.4 Å². The molecule has 0 heterocycles. The molecule has 0 aliphatic carbocycles. The number of halogens is 1. The standard InChI is InChI=1S/C14H23FN2O/c1-4-14(18-5-2)13(17-16)9-11-8-12(15)7-6-10(11)3/h6-8,13-14,17H,4-5,9,16H2,1-3H3. The molecule has 3 N–H and O–H groups in total. The molecule has 18 heavy (non-hydrogen) atoms. The van der Waals surface area contributed by atoms with Crippen LogP contribution in [-0.2, 0) is 11.2 Å². The molecule has 0 bridgehead atoms. The summed E-state index contributed by atoms with van der Waals surface area (Å²) in [7, 11) is 0. The molecule has 0 fully saturated rings. The molecule has 3 nitrogen and oxygen atoms in total. The summed E-state index contributed by atoms with van der Waals surface area (Å²) in [6.07, 6.45) is 1.58. The maximum Gasteiger partial charge on any atom is 0.123 e. The van der Waals surface area contributed by atoms with Crippen molar-refractivity contribution < 1.29 is 9.13 Å². The average molecular weight is 254 g/mol. The summed E-state index contributed by atoms with van der Waals surface area (Å²) in [5.41, 5.74) is 4.83. The number of hydrogen-bond acceptors (Lipinski definition) is 3. The zero-order valence-electron chi connectivity index (χ0n) is 11.4. The zero-order valence-corrected chi connectivity index (χ0v) is 11.4. The largest absolute Gasteiger partial charge is 0.377 e. The first kappa shape index (κ1) is 15.1. The molecular weight excluding hydrogens is 231 g/mol. The van der Waals surface area contributed by atoms with Crippen LogP contribution in [0.25, 0.3) is 0 Å². The van der Waals surface area contributed by atoms with Crippen LogP contribution >= 0.6 is 0 Å². The second kappa shape index (κ2) is 7.46. The number of nitrogens with one attached hydrogen (secondary N) is 1. The topological polar surface area (TPSA) is 47.3 Å². The van der Waals surface area contributed by atoms with Gasteiger partial charge in [0.2, 0.25) is 0 Å². The fourth-order valence-electron chi connectivity index (χ4n) is 2.13. The van der Waals surface area contributed by atoms with Gasteiger partial charge in [-0.25, -0.2) is 4.39 Å². The third-order valence-corrected chi connectivity index (χ3v) is 3.20. The molecule has 0 aliphatic heterocycles. The van der Waals surface area contributed by atoms with Gasteiger partial charge in [0.15, 0.2) is 0 Å². The number of nitrogens with two attached hydrogens (primary N) is 1. The predicted octanol–water partition coefficient (Wildman–Crippen LogP) is 2.32. The molecule has 1 rings (SSSR count). The van der Waals surface area contributed by atoms with Gasteiger partial charge in [0, 0.05) is 6.61 Å². The lowest BCUT2D eigenvalue weighted by molar-refractivity contribution is 0.0319. The van der Waals surface area contributed by atoms with E-state index in [4.69, 9.17) is 10.6 Å². The van der Waals surface area contributed by atoms with Gasteiger partial charge in [-0.1, -0.05) is 13.0 Å². The highest BCUT2D eigenvalue weighted by molar-refractivity contribution is 5.27. The summed E-state index contributed by atoms with van der Waals surface area (Å²) in [6, 6.07) is 4.83. The minimum Gasteiger partial charge on any atom is -0.377 e. The first-order valence-corrected chi connectivity index (χ1v) is 6.45. The quantitative estimate of drug-likeness (QED) is 0.580. The van der Waals surface area contributed by atoms with Crippen molar-refractivity contribution in [1.82, 2.24) is 5.43 Å². The van der Waals surface area contributed by atoms with Crippen LogP contribution in [0, 0.1) is 12.7 Å². The molecule has 0 aliphatic rings. The van der Waals surface area contributed by atoms with Gasteiger partial charge in [-0.2, -0.15) is 0 Å². The average Bonchev–Trinajstić information content (AvgIpc) is 2.37. The molecule has 0 aromatic heterocycles. The molecule has 2 unspecified atom stereocenters. The second-order valence-electron chi connectivity index (χ2n) is 4.45. The van der Waals surface area contributed by atoms with E-state index in [0.29, 0.717) is 13.0 Å². The van der Waals surface area contributed by atoms with E-state index in [0.717, 1.165) is 17.5 Å². The van der Waals surface area contributed by atoms with Crippen molar-refractivity contribution in [2.45, 2.75) is 45.8 Å². The van der Waals surface area contributed by atoms with E-state index < -0.39 is 0 Å². The van der Waals surface area contributed by atoms with Crippen LogP contribution < -0.4 is 11.3 Å². The molecule has 1 aromatic rings. The number of hydrazine groups is 1. The van der Waals surface area contributed by atoms with Crippen molar-refractivity contribution in [3.63, 3.8) is 0 Å². The van der Waals surface area contributed by atoms with Gasteiger partial charge >= 0.3 is 0 Å². The lowest BCUT2D eigenvalue weighted by Crippen LogP contribution is -2.46. The Morgan fingerprint density at radius 3 is 2.67 bits per heavy atom. The van der Waals surface area contributed by atoms with E-state index in [9.17, 15) is 4.39 Å². The molecule has 1 aromatic carbocycles. The maximum atomic E-state index is 13.2. The Morgan fingerprint density at radius 1 is 1.39 bits per heavy atom. The van der Waals surface area contributed by atoms with Gasteiger partial charge < -0.3 is 4.74 Å². The van der Waals surface area contributed by atoms with Gasteiger partial charge in [0.1, 0.15) is 5.82 Å². The molecule has 0 spiro atoms. The molecule has 102 valence electrons. The van der Waals surface area contributed by atoms with E-state index in [-0.39, 0.29) is 18.0 Å². The van der Waals surface area contributed by atoms with E-state index >= 15 is 0 Å². The van der Waals surface area contributed by atoms with Gasteiger partial charge in [-0.15, -0.1) is 0 Å². The van der Waals surface area contributed by atoms with Crippen LogP contribution in [0.4, 0.5) is 4.39 Å². The number of hydrogen-bond donors (Lipinski definition) is 2. The summed E-state index contributed by atoms with van der Waals surface area (Å²) in [5, 5.41) is 0. The van der Waals surface area contributed by atoms with E-state index in [1.54, 1.807) is 12.1 Å². The number of rotatable bonds is 7. The summed E-state index contributed by atoms with van der Waals surface area (Å²) in [6.45, 7) is 6.65. The molecular formula is C14H23FN2O. The van der Waals surface area contributed by atoms with Crippen molar-refractivity contribution >= 4 is 0 Å². The lowest BCUT2D eigenvalue weighted by Gasteiger charge is -2.26. The molecule has 4 heteroatoms. The van der Waals surface area contributed by atoms with Crippen LogP contribution in [0.3, 0.4) is 0 Å². The molecule has 0 saturated heterocycles. The SMILES string of the molecule is CCOC(CC)C(Cc1cc(F)ccc1C)NN. The fraction of sp³-hybridized carbons (Fsp3) is 0.571. The maximum absolute atomic E-state index is 13.2. The van der Waals surface area contributed by atoms with Crippen molar-refractivity contribution in [3.05, 3.63) is 35.1 Å². The number of ether oxygens (including phenoxy) is 1. The van der Waals surface area contributed by atoms with Crippen LogP contribution in [0.15, 0.2) is 18.2 Å². The summed E-state index contributed by atoms with van der Waals surface area (Å²) in [4.78, 5) is 0. The van der Waals surface area contributed by atoms with Crippen LogP contribution in [0.5, 0.6) is 0 Å². The third-order valence-electron chi connectivity index (χ3n) is 3.20. The van der Waals surface area contributed by atoms with Gasteiger partial charge in [0.25, 0.3) is 0 Å². The normalized spacial score (nSPS) is 14.5. The Kier molecular flexibility index (Phi) is 6.25. The smallest absolute Gasteiger partial charge is 0.123 e. The lowest BCUT2D eigenvalue weighted by atomic mass is 9.97. The van der Waals surface area contributed by atoms with Crippen molar-refractivity contribution in [1.29, 1.82) is 0 Å². The third kappa shape index (κ3) is 4.05. The minimum atomic E-state index is -0.212. The Bertz CT molecular complexity index is 371. The van der Waals surface area contributed by atoms with Crippen molar-refractivity contribution in [2.24, 2.45) is 5.84 Å². The first-order valence-electron chi connectivity index (χ1n) is 6.45. The van der Waals surface area contributed by atoms with E-state index in [1.165, 1.54) is 6.07 Å². The molecule has 0 radical (unpaired) electrons. The Morgan fingerprint density at radius 2 is 2.11 bits per heavy atom. The second-order valence-corrected chi connectivity index (χ2v) is 4.45. The van der Waals surface area contributed by atoms with Gasteiger partial charge in [0.05, 0.1) is 12.1 Å². The highest BCUT2D eigenvalue weighted by atomic mass is 19.1. The van der Waals surface area contributed by atoms with Crippen LogP contribution in [-0.4, -0.2) is 18.8 Å². The minimum absolute atomic E-state index is 0.00421. The Labute approximate surface area is 108 Å². The van der Waals surface area contributed by atoms with Crippen LogP contribution in [0.2, 0.25) is 0 Å². The summed E-state index contributed by atoms with van der Waals surface area (Å²) < 4.78 is 18.9. The van der Waals surface area contributed by atoms with Gasteiger partial charge in [-0.05, 0) is 49.9 Å². The summed E-state index contributed by atoms with van der Waals surface area (Å²) >= 11 is 0. The summed E-state index contributed by atoms with van der Waals surface area (Å²) in [5.74, 6) is 5.38. The Hall–Kier alpha value is -0.970. The highest BCUT2D eigenvalue weighted by Gasteiger charge is 2.20. The molecule has 2 atom stereocenters. The van der Waals surface area contributed by atoms with E-state index in [1.807, 2.05) is 13.8 Å². The number of aryl methyl sites for hydroxylation is 1. The zero-order chi connectivity index (χ0) is 13.5. The van der Waals surface area contributed by atoms with Crippen molar-refractivity contribution in [2.75, 3.05) is 6.61 Å². The number of benzene rings is 1. The predicted molar refractivity (Wildman–Crippen MR) is 71.7 cm³/mol. The fourth-order valence-corrected chi connectivity index (χ4v) is 2.13. The van der Waals surface area contributed by atoms with Crippen molar-refractivity contribution in [3.8, 4) is 0 Å². The highest BCUT2D eigenvalue weighted by Crippen LogP contribution is 2.16. The Balaban J connectivity index is 2.81.